The summed E-state index contributed by atoms with van der Waals surface area (Å²) in [6, 6.07) is 2.43. The van der Waals surface area contributed by atoms with Crippen LogP contribution >= 0.6 is 11.8 Å². The Labute approximate surface area is 204 Å². The van der Waals surface area contributed by atoms with Crippen molar-refractivity contribution < 1.29 is 14.3 Å². The van der Waals surface area contributed by atoms with Crippen molar-refractivity contribution in [3.8, 4) is 6.07 Å². The summed E-state index contributed by atoms with van der Waals surface area (Å²) in [6.45, 7) is 3.20. The highest BCUT2D eigenvalue weighted by atomic mass is 32.2. The van der Waals surface area contributed by atoms with Crippen molar-refractivity contribution in [1.82, 2.24) is 25.1 Å². The zero-order chi connectivity index (χ0) is 23.9. The number of amides is 2. The van der Waals surface area contributed by atoms with Crippen molar-refractivity contribution in [2.24, 2.45) is 0 Å². The first-order chi connectivity index (χ1) is 16.6. The lowest BCUT2D eigenvalue weighted by atomic mass is 9.91. The molecule has 0 unspecified atom stereocenters. The van der Waals surface area contributed by atoms with Gasteiger partial charge in [0, 0.05) is 37.9 Å². The van der Waals surface area contributed by atoms with Crippen LogP contribution in [0, 0.1) is 11.3 Å². The lowest BCUT2D eigenvalue weighted by molar-refractivity contribution is -0.130. The third-order valence-electron chi connectivity index (χ3n) is 6.81. The number of carbonyl (C=O) groups is 2. The van der Waals surface area contributed by atoms with Gasteiger partial charge >= 0.3 is 0 Å². The molecule has 184 valence electrons. The number of anilines is 1. The number of morpholine rings is 1. The van der Waals surface area contributed by atoms with Crippen LogP contribution in [0.4, 0.5) is 5.82 Å². The summed E-state index contributed by atoms with van der Waals surface area (Å²) < 4.78 is 5.37. The van der Waals surface area contributed by atoms with E-state index in [0.29, 0.717) is 49.4 Å². The first-order valence-corrected chi connectivity index (χ1v) is 13.3. The third kappa shape index (κ3) is 5.98. The van der Waals surface area contributed by atoms with E-state index in [9.17, 15) is 14.9 Å². The lowest BCUT2D eigenvalue weighted by Gasteiger charge is -2.31. The molecular weight excluding hydrogens is 454 g/mol. The fourth-order valence-corrected chi connectivity index (χ4v) is 5.18. The Kier molecular flexibility index (Phi) is 8.59. The molecule has 1 aromatic rings. The molecule has 2 N–H and O–H groups in total. The van der Waals surface area contributed by atoms with Crippen LogP contribution in [0.15, 0.2) is 11.4 Å². The maximum Gasteiger partial charge on any atom is 0.259 e. The summed E-state index contributed by atoms with van der Waals surface area (Å²) in [5.74, 6) is 0.546. The van der Waals surface area contributed by atoms with E-state index >= 15 is 0 Å². The molecule has 34 heavy (non-hydrogen) atoms. The Hall–Kier alpha value is -2.42. The third-order valence-corrected chi connectivity index (χ3v) is 7.37. The number of rotatable bonds is 7. The zero-order valence-electron chi connectivity index (χ0n) is 19.7. The highest BCUT2D eigenvalue weighted by Crippen LogP contribution is 2.25. The number of nitrogens with zero attached hydrogens (tertiary/aromatic N) is 5. The summed E-state index contributed by atoms with van der Waals surface area (Å²) in [5.41, 5.74) is 0.503. The van der Waals surface area contributed by atoms with Gasteiger partial charge in [0.25, 0.3) is 5.91 Å². The van der Waals surface area contributed by atoms with Crippen LogP contribution < -0.4 is 10.6 Å². The lowest BCUT2D eigenvalue weighted by Crippen LogP contribution is -2.45. The molecule has 3 fully saturated rings. The van der Waals surface area contributed by atoms with Gasteiger partial charge in [-0.2, -0.15) is 5.26 Å². The molecule has 2 aliphatic heterocycles. The van der Waals surface area contributed by atoms with Crippen LogP contribution in [-0.4, -0.2) is 95.4 Å². The monoisotopic (exact) mass is 487 g/mol. The van der Waals surface area contributed by atoms with Crippen LogP contribution in [0.3, 0.4) is 0 Å². The first-order valence-electron chi connectivity index (χ1n) is 12.1. The molecule has 2 amide bonds. The number of carbonyl (C=O) groups excluding carboxylic acids is 2. The van der Waals surface area contributed by atoms with Crippen LogP contribution in [-0.2, 0) is 9.53 Å². The van der Waals surface area contributed by atoms with E-state index in [-0.39, 0.29) is 36.5 Å². The fraction of sp³-hybridized carbons (Fsp3) is 0.696. The van der Waals surface area contributed by atoms with Crippen LogP contribution in [0.5, 0.6) is 0 Å². The molecule has 1 aromatic heterocycles. The normalized spacial score (nSPS) is 25.1. The maximum atomic E-state index is 13.1. The second-order valence-electron chi connectivity index (χ2n) is 8.97. The predicted molar refractivity (Wildman–Crippen MR) is 129 cm³/mol. The Morgan fingerprint density at radius 1 is 1.18 bits per heavy atom. The second kappa shape index (κ2) is 11.8. The summed E-state index contributed by atoms with van der Waals surface area (Å²) in [6.07, 6.45) is 8.92. The van der Waals surface area contributed by atoms with Crippen molar-refractivity contribution >= 4 is 29.4 Å². The fourth-order valence-electron chi connectivity index (χ4n) is 4.84. The minimum Gasteiger partial charge on any atom is -0.378 e. The topological polar surface area (TPSA) is 123 Å². The minimum atomic E-state index is -0.275. The molecule has 10 nitrogen and oxygen atoms in total. The molecule has 0 radical (unpaired) electrons. The number of hydrogen-bond donors (Lipinski definition) is 2. The highest BCUT2D eigenvalue weighted by molar-refractivity contribution is 7.98. The molecule has 4 rings (SSSR count). The van der Waals surface area contributed by atoms with Crippen molar-refractivity contribution in [2.45, 2.75) is 61.8 Å². The highest BCUT2D eigenvalue weighted by Gasteiger charge is 2.30. The van der Waals surface area contributed by atoms with Crippen LogP contribution in [0.25, 0.3) is 0 Å². The Morgan fingerprint density at radius 3 is 2.62 bits per heavy atom. The van der Waals surface area contributed by atoms with Crippen LogP contribution in [0.2, 0.25) is 0 Å². The van der Waals surface area contributed by atoms with Gasteiger partial charge in [-0.05, 0) is 44.8 Å². The number of likely N-dealkylation sites (tertiary alicyclic amines) is 1. The quantitative estimate of drug-likeness (QED) is 0.435. The average Bonchev–Trinajstić information content (AvgIpc) is 3.37. The number of ether oxygens (including phenoxy) is 1. The molecule has 1 atom stereocenters. The molecule has 0 spiro atoms. The van der Waals surface area contributed by atoms with Crippen LogP contribution in [0.1, 0.15) is 48.9 Å². The van der Waals surface area contributed by atoms with Gasteiger partial charge in [-0.25, -0.2) is 9.97 Å². The molecule has 3 heterocycles. The van der Waals surface area contributed by atoms with Gasteiger partial charge in [-0.15, -0.1) is 0 Å². The molecule has 11 heteroatoms. The van der Waals surface area contributed by atoms with Crippen molar-refractivity contribution in [2.75, 3.05) is 51.0 Å². The molecule has 3 aliphatic rings. The van der Waals surface area contributed by atoms with Gasteiger partial charge in [0.2, 0.25) is 5.91 Å². The summed E-state index contributed by atoms with van der Waals surface area (Å²) >= 11 is 1.45. The maximum absolute atomic E-state index is 13.1. The number of nitrogens with one attached hydrogen (secondary N) is 2. The zero-order valence-corrected chi connectivity index (χ0v) is 20.5. The van der Waals surface area contributed by atoms with Gasteiger partial charge in [-0.3, -0.25) is 9.59 Å². The first kappa shape index (κ1) is 24.7. The van der Waals surface area contributed by atoms with Crippen molar-refractivity contribution in [1.29, 1.82) is 5.26 Å². The van der Waals surface area contributed by atoms with E-state index in [1.807, 2.05) is 6.26 Å². The Morgan fingerprint density at radius 2 is 1.91 bits per heavy atom. The molecule has 1 aliphatic carbocycles. The standard InChI is InChI=1S/C23H33N7O3S/c1-34-23-26-14-19(22(32)29-9-11-33-12-10-29)21(28-23)27-17-6-4-16(5-7-17)25-15-20(31)30-8-2-3-18(30)13-24/h14,16-18,25H,2-12,15H2,1H3,(H,26,27,28)/t16?,17?,18-/m0/s1. The number of hydrogen-bond acceptors (Lipinski definition) is 9. The van der Waals surface area contributed by atoms with Gasteiger partial charge < -0.3 is 25.2 Å². The molecular formula is C23H33N7O3S. The number of nitriles is 1. The van der Waals surface area contributed by atoms with Crippen molar-refractivity contribution in [3.05, 3.63) is 11.8 Å². The SMILES string of the molecule is CSc1ncc(C(=O)N2CCOCC2)c(NC2CCC(NCC(=O)N3CCC[C@H]3C#N)CC2)n1. The van der Waals surface area contributed by atoms with Gasteiger partial charge in [0.05, 0.1) is 25.8 Å². The van der Waals surface area contributed by atoms with Crippen molar-refractivity contribution in [3.63, 3.8) is 0 Å². The molecule has 1 saturated carbocycles. The van der Waals surface area contributed by atoms with Gasteiger partial charge in [0.15, 0.2) is 5.16 Å². The Balaban J connectivity index is 1.30. The largest absolute Gasteiger partial charge is 0.378 e. The summed E-state index contributed by atoms with van der Waals surface area (Å²) in [5, 5.41) is 16.7. The van der Waals surface area contributed by atoms with E-state index < -0.39 is 0 Å². The number of aromatic nitrogens is 2. The smallest absolute Gasteiger partial charge is 0.259 e. The van der Waals surface area contributed by atoms with E-state index in [1.54, 1.807) is 16.0 Å². The minimum absolute atomic E-state index is 0.0149. The predicted octanol–water partition coefficient (Wildman–Crippen LogP) is 1.50. The summed E-state index contributed by atoms with van der Waals surface area (Å²) in [4.78, 5) is 38.0. The summed E-state index contributed by atoms with van der Waals surface area (Å²) in [7, 11) is 0. The van der Waals surface area contributed by atoms with Gasteiger partial charge in [0.1, 0.15) is 17.4 Å². The second-order valence-corrected chi connectivity index (χ2v) is 9.74. The van der Waals surface area contributed by atoms with E-state index in [2.05, 4.69) is 26.7 Å². The van der Waals surface area contributed by atoms with Gasteiger partial charge in [-0.1, -0.05) is 11.8 Å². The molecule has 0 aromatic carbocycles. The number of thioether (sulfide) groups is 1. The molecule has 0 bridgehead atoms. The van der Waals surface area contributed by atoms with E-state index in [4.69, 9.17) is 4.74 Å². The average molecular weight is 488 g/mol. The van der Waals surface area contributed by atoms with E-state index in [0.717, 1.165) is 38.5 Å². The molecule has 2 saturated heterocycles. The Bertz CT molecular complexity index is 910. The van der Waals surface area contributed by atoms with E-state index in [1.165, 1.54) is 11.8 Å².